The lowest BCUT2D eigenvalue weighted by molar-refractivity contribution is -0.385. The highest BCUT2D eigenvalue weighted by Crippen LogP contribution is 2.32. The fourth-order valence-electron chi connectivity index (χ4n) is 4.40. The maximum atomic E-state index is 13.2. The molecule has 1 heterocycles. The Kier molecular flexibility index (Phi) is 7.41. The first-order valence-electron chi connectivity index (χ1n) is 11.6. The van der Waals surface area contributed by atoms with Gasteiger partial charge >= 0.3 is 5.69 Å². The van der Waals surface area contributed by atoms with Crippen molar-refractivity contribution in [1.29, 1.82) is 0 Å². The van der Waals surface area contributed by atoms with Crippen LogP contribution >= 0.6 is 0 Å². The van der Waals surface area contributed by atoms with Gasteiger partial charge in [0.05, 0.1) is 4.92 Å². The Morgan fingerprint density at radius 1 is 1.00 bits per heavy atom. The van der Waals surface area contributed by atoms with Gasteiger partial charge in [-0.1, -0.05) is 48.5 Å². The second kappa shape index (κ2) is 10.7. The van der Waals surface area contributed by atoms with Crippen molar-refractivity contribution in [1.82, 2.24) is 9.80 Å². The normalized spacial score (nSPS) is 18.3. The standard InChI is InChI=1S/C27H28FN3O4/c1-19-16-30(20(2)15-29(19)17-21-8-11-24(28)12-9-21)27(32)18-35-26-13-10-23(14-25(26)31(33)34)22-6-4-3-5-7-22/h3-14,19-20H,15-18H2,1-2H3/t19-,20+/m1/s1. The van der Waals surface area contributed by atoms with Crippen molar-refractivity contribution in [2.75, 3.05) is 19.7 Å². The highest BCUT2D eigenvalue weighted by Gasteiger charge is 2.32. The molecule has 0 aromatic heterocycles. The Balaban J connectivity index is 1.39. The topological polar surface area (TPSA) is 75.9 Å². The van der Waals surface area contributed by atoms with E-state index in [4.69, 9.17) is 4.74 Å². The van der Waals surface area contributed by atoms with Crippen molar-refractivity contribution in [3.05, 3.63) is 94.3 Å². The first kappa shape index (κ1) is 24.3. The van der Waals surface area contributed by atoms with Crippen LogP contribution in [0.15, 0.2) is 72.8 Å². The van der Waals surface area contributed by atoms with E-state index < -0.39 is 4.92 Å². The number of carbonyl (C=O) groups is 1. The lowest BCUT2D eigenvalue weighted by Crippen LogP contribution is -2.58. The number of hydrogen-bond acceptors (Lipinski definition) is 5. The summed E-state index contributed by atoms with van der Waals surface area (Å²) in [6, 6.07) is 20.6. The molecule has 0 bridgehead atoms. The zero-order valence-corrected chi connectivity index (χ0v) is 19.8. The summed E-state index contributed by atoms with van der Waals surface area (Å²) in [6.07, 6.45) is 0. The zero-order valence-electron chi connectivity index (χ0n) is 19.8. The molecule has 3 aromatic carbocycles. The van der Waals surface area contributed by atoms with E-state index >= 15 is 0 Å². The summed E-state index contributed by atoms with van der Waals surface area (Å²) >= 11 is 0. The largest absolute Gasteiger partial charge is 0.477 e. The molecule has 1 saturated heterocycles. The summed E-state index contributed by atoms with van der Waals surface area (Å²) in [7, 11) is 0. The molecule has 35 heavy (non-hydrogen) atoms. The van der Waals surface area contributed by atoms with Crippen molar-refractivity contribution >= 4 is 11.6 Å². The molecule has 1 fully saturated rings. The Labute approximate surface area is 203 Å². The van der Waals surface area contributed by atoms with Crippen LogP contribution in [0.1, 0.15) is 19.4 Å². The molecule has 1 aliphatic rings. The number of hydrogen-bond donors (Lipinski definition) is 0. The molecule has 0 unspecified atom stereocenters. The van der Waals surface area contributed by atoms with Gasteiger partial charge in [-0.05, 0) is 48.7 Å². The maximum absolute atomic E-state index is 13.2. The van der Waals surface area contributed by atoms with Gasteiger partial charge < -0.3 is 9.64 Å². The van der Waals surface area contributed by atoms with Crippen molar-refractivity contribution in [3.8, 4) is 16.9 Å². The van der Waals surface area contributed by atoms with Crippen LogP contribution in [0.4, 0.5) is 10.1 Å². The molecule has 0 N–H and O–H groups in total. The highest BCUT2D eigenvalue weighted by molar-refractivity contribution is 5.78. The Bertz CT molecular complexity index is 1190. The van der Waals surface area contributed by atoms with Crippen molar-refractivity contribution in [2.45, 2.75) is 32.5 Å². The third kappa shape index (κ3) is 5.84. The second-order valence-corrected chi connectivity index (χ2v) is 8.89. The average Bonchev–Trinajstić information content (AvgIpc) is 2.86. The number of benzene rings is 3. The molecule has 4 rings (SSSR count). The van der Waals surface area contributed by atoms with Crippen molar-refractivity contribution in [2.24, 2.45) is 0 Å². The molecule has 182 valence electrons. The number of rotatable bonds is 7. The quantitative estimate of drug-likeness (QED) is 0.357. The molecule has 7 nitrogen and oxygen atoms in total. The number of nitrogens with zero attached hydrogens (tertiary/aromatic N) is 3. The van der Waals surface area contributed by atoms with Gasteiger partial charge in [0.1, 0.15) is 5.82 Å². The summed E-state index contributed by atoms with van der Waals surface area (Å²) < 4.78 is 18.8. The van der Waals surface area contributed by atoms with Crippen LogP contribution in [0.5, 0.6) is 5.75 Å². The number of carbonyl (C=O) groups excluding carboxylic acids is 1. The van der Waals surface area contributed by atoms with Crippen molar-refractivity contribution in [3.63, 3.8) is 0 Å². The first-order chi connectivity index (χ1) is 16.8. The SMILES string of the molecule is C[C@@H]1CN(C(=O)COc2ccc(-c3ccccc3)cc2[N+](=O)[O-])[C@@H](C)CN1Cc1ccc(F)cc1. The summed E-state index contributed by atoms with van der Waals surface area (Å²) in [4.78, 5) is 28.2. The van der Waals surface area contributed by atoms with Crippen LogP contribution < -0.4 is 4.74 Å². The van der Waals surface area contributed by atoms with Crippen LogP contribution in [-0.2, 0) is 11.3 Å². The summed E-state index contributed by atoms with van der Waals surface area (Å²) in [5.74, 6) is -0.411. The van der Waals surface area contributed by atoms with Crippen LogP contribution in [0.3, 0.4) is 0 Å². The number of piperazine rings is 1. The predicted molar refractivity (Wildman–Crippen MR) is 131 cm³/mol. The number of nitro benzene ring substituents is 1. The van der Waals surface area contributed by atoms with E-state index in [1.165, 1.54) is 18.2 Å². The molecule has 0 radical (unpaired) electrons. The Hall–Kier alpha value is -3.78. The molecule has 0 saturated carbocycles. The highest BCUT2D eigenvalue weighted by atomic mass is 19.1. The minimum absolute atomic E-state index is 0.0572. The maximum Gasteiger partial charge on any atom is 0.311 e. The Morgan fingerprint density at radius 3 is 2.40 bits per heavy atom. The minimum Gasteiger partial charge on any atom is -0.477 e. The van der Waals surface area contributed by atoms with Gasteiger partial charge in [0.2, 0.25) is 0 Å². The summed E-state index contributed by atoms with van der Waals surface area (Å²) in [5.41, 5.74) is 2.40. The summed E-state index contributed by atoms with van der Waals surface area (Å²) in [5, 5.41) is 11.7. The minimum atomic E-state index is -0.495. The lowest BCUT2D eigenvalue weighted by Gasteiger charge is -2.44. The third-order valence-corrected chi connectivity index (χ3v) is 6.35. The Morgan fingerprint density at radius 2 is 1.71 bits per heavy atom. The number of nitro groups is 1. The van der Waals surface area contributed by atoms with E-state index in [1.807, 2.05) is 44.2 Å². The van der Waals surface area contributed by atoms with Gasteiger partial charge in [0.15, 0.2) is 12.4 Å². The van der Waals surface area contributed by atoms with Crippen LogP contribution in [0, 0.1) is 15.9 Å². The van der Waals surface area contributed by atoms with Gasteiger partial charge in [0, 0.05) is 37.8 Å². The summed E-state index contributed by atoms with van der Waals surface area (Å²) in [6.45, 7) is 5.59. The zero-order chi connectivity index (χ0) is 24.9. The van der Waals surface area contributed by atoms with E-state index in [2.05, 4.69) is 4.90 Å². The van der Waals surface area contributed by atoms with Gasteiger partial charge in [0.25, 0.3) is 5.91 Å². The number of amides is 1. The van der Waals surface area contributed by atoms with Crippen LogP contribution in [0.25, 0.3) is 11.1 Å². The van der Waals surface area contributed by atoms with E-state index in [0.717, 1.165) is 11.1 Å². The number of ether oxygens (including phenoxy) is 1. The molecule has 3 aromatic rings. The lowest BCUT2D eigenvalue weighted by atomic mass is 10.0. The molecular weight excluding hydrogens is 449 g/mol. The van der Waals surface area contributed by atoms with Crippen LogP contribution in [-0.4, -0.2) is 52.4 Å². The monoisotopic (exact) mass is 477 g/mol. The van der Waals surface area contributed by atoms with E-state index in [-0.39, 0.29) is 41.9 Å². The fraction of sp³-hybridized carbons (Fsp3) is 0.296. The number of halogens is 1. The van der Waals surface area contributed by atoms with Gasteiger partial charge in [-0.2, -0.15) is 0 Å². The van der Waals surface area contributed by atoms with E-state index in [9.17, 15) is 19.3 Å². The molecule has 1 aliphatic heterocycles. The molecule has 2 atom stereocenters. The fourth-order valence-corrected chi connectivity index (χ4v) is 4.40. The molecule has 1 amide bonds. The van der Waals surface area contributed by atoms with E-state index in [1.54, 1.807) is 29.2 Å². The molecular formula is C27H28FN3O4. The molecule has 0 aliphatic carbocycles. The molecule has 0 spiro atoms. The average molecular weight is 478 g/mol. The van der Waals surface area contributed by atoms with Crippen LogP contribution in [0.2, 0.25) is 0 Å². The third-order valence-electron chi connectivity index (χ3n) is 6.35. The van der Waals surface area contributed by atoms with Crippen molar-refractivity contribution < 1.29 is 18.8 Å². The van der Waals surface area contributed by atoms with Gasteiger partial charge in [-0.15, -0.1) is 0 Å². The first-order valence-corrected chi connectivity index (χ1v) is 11.6. The predicted octanol–water partition coefficient (Wildman–Crippen LogP) is 4.90. The van der Waals surface area contributed by atoms with Gasteiger partial charge in [-0.25, -0.2) is 4.39 Å². The second-order valence-electron chi connectivity index (χ2n) is 8.89. The smallest absolute Gasteiger partial charge is 0.311 e. The molecule has 8 heteroatoms. The van der Waals surface area contributed by atoms with E-state index in [0.29, 0.717) is 25.2 Å². The van der Waals surface area contributed by atoms with Gasteiger partial charge in [-0.3, -0.25) is 19.8 Å².